The van der Waals surface area contributed by atoms with Gasteiger partial charge in [-0.3, -0.25) is 0 Å². The van der Waals surface area contributed by atoms with E-state index in [0.717, 1.165) is 28.8 Å². The van der Waals surface area contributed by atoms with Crippen molar-refractivity contribution in [3.63, 3.8) is 0 Å². The van der Waals surface area contributed by atoms with Crippen molar-refractivity contribution < 1.29 is 47.5 Å². The van der Waals surface area contributed by atoms with Crippen LogP contribution in [0.25, 0.3) is 12.2 Å². The Morgan fingerprint density at radius 2 is 1.19 bits per heavy atom. The quantitative estimate of drug-likeness (QED) is 0.0512. The van der Waals surface area contributed by atoms with Crippen molar-refractivity contribution in [3.05, 3.63) is 121 Å². The first kappa shape index (κ1) is 31.8. The summed E-state index contributed by atoms with van der Waals surface area (Å²) in [5, 5.41) is 0. The van der Waals surface area contributed by atoms with Gasteiger partial charge in [0, 0.05) is 18.2 Å². The van der Waals surface area contributed by atoms with E-state index in [1.807, 2.05) is 19.1 Å². The van der Waals surface area contributed by atoms with Gasteiger partial charge in [0.1, 0.15) is 23.0 Å². The van der Waals surface area contributed by atoms with Crippen LogP contribution in [0.15, 0.2) is 104 Å². The summed E-state index contributed by atoms with van der Waals surface area (Å²) in [6.45, 7) is 7.98. The van der Waals surface area contributed by atoms with Crippen LogP contribution in [-0.4, -0.2) is 38.3 Å². The molecule has 3 rings (SSSR count). The summed E-state index contributed by atoms with van der Waals surface area (Å²) in [4.78, 5) is 34.3. The number of benzene rings is 3. The van der Waals surface area contributed by atoms with Gasteiger partial charge < -0.3 is 33.2 Å². The lowest BCUT2D eigenvalue weighted by Crippen LogP contribution is -2.07. The minimum atomic E-state index is -0.575. The minimum absolute atomic E-state index is 0.0289. The first-order valence-electron chi connectivity index (χ1n) is 12.8. The molecule has 3 aromatic rings. The Kier molecular flexibility index (Phi) is 12.7. The fraction of sp³-hybridized carbons (Fsp3) is 0.121. The topological polar surface area (TPSA) is 116 Å². The molecule has 0 N–H and O–H groups in total. The van der Waals surface area contributed by atoms with Crippen LogP contribution < -0.4 is 18.9 Å². The highest BCUT2D eigenvalue weighted by Crippen LogP contribution is 2.24. The van der Waals surface area contributed by atoms with E-state index in [0.29, 0.717) is 23.0 Å². The Bertz CT molecular complexity index is 1450. The molecule has 0 unspecified atom stereocenters. The Hall–Kier alpha value is -5.77. The van der Waals surface area contributed by atoms with Crippen molar-refractivity contribution in [3.8, 4) is 23.0 Å². The number of ether oxygens (including phenoxy) is 7. The average molecular weight is 587 g/mol. The molecule has 0 spiro atoms. The average Bonchev–Trinajstić information content (AvgIpc) is 3.02. The number of rotatable bonds is 16. The molecule has 0 amide bonds. The minimum Gasteiger partial charge on any atom is -0.465 e. The highest BCUT2D eigenvalue weighted by atomic mass is 16.7. The second kappa shape index (κ2) is 17.1. The first-order chi connectivity index (χ1) is 20.9. The predicted molar refractivity (Wildman–Crippen MR) is 158 cm³/mol. The van der Waals surface area contributed by atoms with E-state index >= 15 is 0 Å². The molecule has 0 heterocycles. The molecule has 0 aromatic heterocycles. The lowest BCUT2D eigenvalue weighted by molar-refractivity contribution is -0.145. The second-order valence-corrected chi connectivity index (χ2v) is 8.41. The molecule has 0 bridgehead atoms. The second-order valence-electron chi connectivity index (χ2n) is 8.41. The molecule has 0 radical (unpaired) electrons. The van der Waals surface area contributed by atoms with Gasteiger partial charge in [-0.1, -0.05) is 37.4 Å². The Balaban J connectivity index is 1.38. The summed E-state index contributed by atoms with van der Waals surface area (Å²) in [5.41, 5.74) is 2.36. The van der Waals surface area contributed by atoms with Crippen molar-refractivity contribution in [1.29, 1.82) is 0 Å². The molecule has 10 heteroatoms. The van der Waals surface area contributed by atoms with Crippen molar-refractivity contribution in [1.82, 2.24) is 0 Å². The summed E-state index contributed by atoms with van der Waals surface area (Å²) >= 11 is 0. The molecule has 3 aromatic carbocycles. The van der Waals surface area contributed by atoms with Gasteiger partial charge in [-0.25, -0.2) is 14.4 Å². The molecular formula is C33H30O10. The summed E-state index contributed by atoms with van der Waals surface area (Å²) in [5.74, 6) is 0.301. The summed E-state index contributed by atoms with van der Waals surface area (Å²) < 4.78 is 36.6. The number of carbonyl (C=O) groups is 3. The fourth-order valence-electron chi connectivity index (χ4n) is 3.20. The van der Waals surface area contributed by atoms with Crippen LogP contribution in [0.1, 0.15) is 16.7 Å². The highest BCUT2D eigenvalue weighted by Gasteiger charge is 2.06. The van der Waals surface area contributed by atoms with Gasteiger partial charge >= 0.3 is 17.9 Å². The van der Waals surface area contributed by atoms with Gasteiger partial charge in [-0.2, -0.15) is 0 Å². The molecule has 0 aliphatic carbocycles. The number of aryl methyl sites for hydroxylation is 1. The van der Waals surface area contributed by atoms with Crippen molar-refractivity contribution in [2.24, 2.45) is 0 Å². The molecule has 10 nitrogen and oxygen atoms in total. The van der Waals surface area contributed by atoms with Crippen LogP contribution in [0.4, 0.5) is 0 Å². The SMILES string of the molecule is C=CC(=O)OCOc1ccc(C=COCOc2ccc(OC(=O)C=Cc3ccc(OCOC(=O)C=C)cc3)cc2C)cc1. The van der Waals surface area contributed by atoms with Crippen molar-refractivity contribution >= 4 is 30.1 Å². The molecule has 222 valence electrons. The standard InChI is InChI=1S/C33H30O10/c1-4-31(34)41-22-38-27-11-6-25(7-12-27)10-17-33(36)43-29-15-16-30(24(3)20-29)40-21-37-19-18-26-8-13-28(14-9-26)39-23-42-32(35)5-2/h4-20H,1-2,21-23H2,3H3. The van der Waals surface area contributed by atoms with E-state index < -0.39 is 17.9 Å². The Labute approximate surface area is 249 Å². The smallest absolute Gasteiger partial charge is 0.336 e. The van der Waals surface area contributed by atoms with Gasteiger partial charge in [0.15, 0.2) is 0 Å². The van der Waals surface area contributed by atoms with Gasteiger partial charge in [0.25, 0.3) is 0 Å². The zero-order chi connectivity index (χ0) is 30.9. The predicted octanol–water partition coefficient (Wildman–Crippen LogP) is 5.77. The summed E-state index contributed by atoms with van der Waals surface area (Å²) in [7, 11) is 0. The number of hydrogen-bond acceptors (Lipinski definition) is 10. The van der Waals surface area contributed by atoms with Gasteiger partial charge in [-0.15, -0.1) is 0 Å². The number of esters is 3. The third kappa shape index (κ3) is 11.7. The van der Waals surface area contributed by atoms with Crippen LogP contribution in [0.5, 0.6) is 23.0 Å². The fourth-order valence-corrected chi connectivity index (χ4v) is 3.20. The van der Waals surface area contributed by atoms with Crippen LogP contribution >= 0.6 is 0 Å². The van der Waals surface area contributed by atoms with Crippen LogP contribution in [0.2, 0.25) is 0 Å². The summed E-state index contributed by atoms with van der Waals surface area (Å²) in [6, 6.07) is 18.9. The van der Waals surface area contributed by atoms with Crippen molar-refractivity contribution in [2.45, 2.75) is 6.92 Å². The third-order valence-electron chi connectivity index (χ3n) is 5.36. The molecule has 43 heavy (non-hydrogen) atoms. The van der Waals surface area contributed by atoms with E-state index in [9.17, 15) is 14.4 Å². The normalized spacial score (nSPS) is 10.5. The van der Waals surface area contributed by atoms with Gasteiger partial charge in [0.2, 0.25) is 20.4 Å². The van der Waals surface area contributed by atoms with Gasteiger partial charge in [0.05, 0.1) is 6.26 Å². The maximum absolute atomic E-state index is 12.3. The van der Waals surface area contributed by atoms with E-state index in [-0.39, 0.29) is 20.4 Å². The molecule has 0 atom stereocenters. The zero-order valence-electron chi connectivity index (χ0n) is 23.4. The van der Waals surface area contributed by atoms with E-state index in [2.05, 4.69) is 13.2 Å². The molecule has 0 aliphatic heterocycles. The maximum Gasteiger partial charge on any atom is 0.336 e. The summed E-state index contributed by atoms with van der Waals surface area (Å²) in [6.07, 6.45) is 8.27. The third-order valence-corrected chi connectivity index (χ3v) is 5.36. The molecule has 0 saturated carbocycles. The molecule has 0 fully saturated rings. The highest BCUT2D eigenvalue weighted by molar-refractivity contribution is 5.88. The number of hydrogen-bond donors (Lipinski definition) is 0. The lowest BCUT2D eigenvalue weighted by Gasteiger charge is -2.10. The zero-order valence-corrected chi connectivity index (χ0v) is 23.4. The van der Waals surface area contributed by atoms with Crippen LogP contribution in [0, 0.1) is 6.92 Å². The van der Waals surface area contributed by atoms with E-state index in [1.54, 1.807) is 66.7 Å². The Morgan fingerprint density at radius 1 is 0.651 bits per heavy atom. The van der Waals surface area contributed by atoms with Crippen LogP contribution in [-0.2, 0) is 28.6 Å². The lowest BCUT2D eigenvalue weighted by atomic mass is 10.2. The first-order valence-corrected chi connectivity index (χ1v) is 12.8. The monoisotopic (exact) mass is 586 g/mol. The van der Waals surface area contributed by atoms with Crippen molar-refractivity contribution in [2.75, 3.05) is 20.4 Å². The molecular weight excluding hydrogens is 556 g/mol. The molecule has 0 aliphatic rings. The Morgan fingerprint density at radius 3 is 1.72 bits per heavy atom. The largest absolute Gasteiger partial charge is 0.465 e. The van der Waals surface area contributed by atoms with Gasteiger partial charge in [-0.05, 0) is 78.2 Å². The number of carbonyl (C=O) groups excluding carboxylic acids is 3. The van der Waals surface area contributed by atoms with Crippen LogP contribution in [0.3, 0.4) is 0 Å². The van der Waals surface area contributed by atoms with E-state index in [1.165, 1.54) is 12.3 Å². The maximum atomic E-state index is 12.3. The van der Waals surface area contributed by atoms with E-state index in [4.69, 9.17) is 33.2 Å². The molecule has 0 saturated heterocycles.